The molecule has 102 valence electrons. The quantitative estimate of drug-likeness (QED) is 0.492. The summed E-state index contributed by atoms with van der Waals surface area (Å²) >= 11 is 2.11. The molecular formula is C12H7IN2O5. The van der Waals surface area contributed by atoms with Gasteiger partial charge in [0.2, 0.25) is 0 Å². The molecule has 20 heavy (non-hydrogen) atoms. The molecule has 7 nitrogen and oxygen atoms in total. The van der Waals surface area contributed by atoms with Crippen LogP contribution in [0.1, 0.15) is 10.4 Å². The molecule has 0 radical (unpaired) electrons. The van der Waals surface area contributed by atoms with Crippen molar-refractivity contribution in [3.05, 3.63) is 55.8 Å². The normalized spacial score (nSPS) is 10.1. The lowest BCUT2D eigenvalue weighted by Crippen LogP contribution is -2.02. The number of nitro groups is 1. The second-order valence-corrected chi connectivity index (χ2v) is 4.91. The van der Waals surface area contributed by atoms with E-state index in [-0.39, 0.29) is 11.4 Å². The first-order chi connectivity index (χ1) is 9.47. The lowest BCUT2D eigenvalue weighted by molar-refractivity contribution is -0.386. The fraction of sp³-hybridized carbons (Fsp3) is 0. The van der Waals surface area contributed by atoms with Crippen molar-refractivity contribution in [2.75, 3.05) is 0 Å². The van der Waals surface area contributed by atoms with E-state index in [0.29, 0.717) is 5.75 Å². The fourth-order valence-corrected chi connectivity index (χ4v) is 1.74. The highest BCUT2D eigenvalue weighted by atomic mass is 127. The number of hydrogen-bond donors (Lipinski definition) is 1. The number of pyridine rings is 1. The summed E-state index contributed by atoms with van der Waals surface area (Å²) in [5.74, 6) is -1.16. The van der Waals surface area contributed by atoms with Crippen molar-refractivity contribution in [3.63, 3.8) is 0 Å². The van der Waals surface area contributed by atoms with E-state index in [2.05, 4.69) is 27.6 Å². The molecular weight excluding hydrogens is 379 g/mol. The Hall–Kier alpha value is -2.23. The summed E-state index contributed by atoms with van der Waals surface area (Å²) in [4.78, 5) is 24.7. The second kappa shape index (κ2) is 5.82. The standard InChI is InChI=1S/C12H7IN2O5/c13-8-1-3-9(4-2-8)20-11-10(15(18)19)5-7(6-14-11)12(16)17/h1-6H,(H,16,17). The number of nitrogens with zero attached hydrogens (tertiary/aromatic N) is 2. The van der Waals surface area contributed by atoms with Crippen molar-refractivity contribution in [1.29, 1.82) is 0 Å². The maximum atomic E-state index is 10.9. The molecule has 0 spiro atoms. The third-order valence-electron chi connectivity index (χ3n) is 2.30. The van der Waals surface area contributed by atoms with Crippen LogP contribution in [0.15, 0.2) is 36.5 Å². The minimum atomic E-state index is -1.29. The Balaban J connectivity index is 2.38. The first-order valence-corrected chi connectivity index (χ1v) is 6.36. The summed E-state index contributed by atoms with van der Waals surface area (Å²) in [5.41, 5.74) is -0.768. The van der Waals surface area contributed by atoms with Gasteiger partial charge >= 0.3 is 11.7 Å². The molecule has 0 aliphatic carbocycles. The van der Waals surface area contributed by atoms with E-state index in [1.165, 1.54) is 0 Å². The van der Waals surface area contributed by atoms with Gasteiger partial charge in [0.05, 0.1) is 10.5 Å². The van der Waals surface area contributed by atoms with Gasteiger partial charge in [0.15, 0.2) is 0 Å². The van der Waals surface area contributed by atoms with Crippen LogP contribution in [0.25, 0.3) is 0 Å². The van der Waals surface area contributed by atoms with Crippen molar-refractivity contribution in [2.24, 2.45) is 0 Å². The number of benzene rings is 1. The fourth-order valence-electron chi connectivity index (χ4n) is 1.38. The highest BCUT2D eigenvalue weighted by Crippen LogP contribution is 2.29. The summed E-state index contributed by atoms with van der Waals surface area (Å²) < 4.78 is 6.30. The van der Waals surface area contributed by atoms with Crippen LogP contribution < -0.4 is 4.74 Å². The Labute approximate surface area is 126 Å². The topological polar surface area (TPSA) is 103 Å². The largest absolute Gasteiger partial charge is 0.478 e. The highest BCUT2D eigenvalue weighted by Gasteiger charge is 2.20. The molecule has 1 aromatic carbocycles. The van der Waals surface area contributed by atoms with Crippen molar-refractivity contribution >= 4 is 34.2 Å². The monoisotopic (exact) mass is 386 g/mol. The third-order valence-corrected chi connectivity index (χ3v) is 3.02. The molecule has 8 heteroatoms. The van der Waals surface area contributed by atoms with Gasteiger partial charge in [-0.1, -0.05) is 0 Å². The van der Waals surface area contributed by atoms with Gasteiger partial charge < -0.3 is 9.84 Å². The second-order valence-electron chi connectivity index (χ2n) is 3.67. The summed E-state index contributed by atoms with van der Waals surface area (Å²) in [6.07, 6.45) is 1.01. The summed E-state index contributed by atoms with van der Waals surface area (Å²) in [5, 5.41) is 19.7. The van der Waals surface area contributed by atoms with Crippen LogP contribution in [0.2, 0.25) is 0 Å². The Bertz CT molecular complexity index is 672. The molecule has 2 aromatic rings. The Morgan fingerprint density at radius 2 is 2.00 bits per heavy atom. The average molecular weight is 386 g/mol. The average Bonchev–Trinajstić information content (AvgIpc) is 2.41. The number of ether oxygens (including phenoxy) is 1. The Kier molecular flexibility index (Phi) is 4.13. The molecule has 0 unspecified atom stereocenters. The van der Waals surface area contributed by atoms with Gasteiger partial charge in [-0.15, -0.1) is 0 Å². The molecule has 0 aliphatic heterocycles. The number of hydrogen-bond acceptors (Lipinski definition) is 5. The summed E-state index contributed by atoms with van der Waals surface area (Å²) in [6.45, 7) is 0. The van der Waals surface area contributed by atoms with Crippen LogP contribution >= 0.6 is 22.6 Å². The van der Waals surface area contributed by atoms with E-state index in [0.717, 1.165) is 15.8 Å². The lowest BCUT2D eigenvalue weighted by atomic mass is 10.2. The van der Waals surface area contributed by atoms with Crippen LogP contribution in [0.5, 0.6) is 11.6 Å². The van der Waals surface area contributed by atoms with Crippen molar-refractivity contribution in [1.82, 2.24) is 4.98 Å². The number of aromatic carboxylic acids is 1. The van der Waals surface area contributed by atoms with Gasteiger partial charge in [0.1, 0.15) is 5.75 Å². The number of halogens is 1. The van der Waals surface area contributed by atoms with Gasteiger partial charge in [0, 0.05) is 15.8 Å². The van der Waals surface area contributed by atoms with Crippen molar-refractivity contribution < 1.29 is 19.6 Å². The number of aromatic nitrogens is 1. The zero-order valence-corrected chi connectivity index (χ0v) is 12.0. The third kappa shape index (κ3) is 3.20. The maximum absolute atomic E-state index is 10.9. The van der Waals surface area contributed by atoms with Crippen LogP contribution in [0.3, 0.4) is 0 Å². The minimum Gasteiger partial charge on any atom is -0.478 e. The van der Waals surface area contributed by atoms with Crippen LogP contribution in [0.4, 0.5) is 5.69 Å². The number of carbonyl (C=O) groups is 1. The molecule has 2 rings (SSSR count). The predicted molar refractivity (Wildman–Crippen MR) is 77.1 cm³/mol. The molecule has 0 fully saturated rings. The summed E-state index contributed by atoms with van der Waals surface area (Å²) in [7, 11) is 0. The molecule has 1 N–H and O–H groups in total. The lowest BCUT2D eigenvalue weighted by Gasteiger charge is -2.05. The first-order valence-electron chi connectivity index (χ1n) is 5.28. The molecule has 0 saturated carbocycles. The molecule has 0 atom stereocenters. The van der Waals surface area contributed by atoms with Gasteiger partial charge in [-0.2, -0.15) is 0 Å². The number of carboxylic acid groups (broad SMARTS) is 1. The van der Waals surface area contributed by atoms with E-state index < -0.39 is 16.6 Å². The predicted octanol–water partition coefficient (Wildman–Crippen LogP) is 3.08. The molecule has 0 aliphatic rings. The smallest absolute Gasteiger partial charge is 0.337 e. The summed E-state index contributed by atoms with van der Waals surface area (Å²) in [6, 6.07) is 7.73. The van der Waals surface area contributed by atoms with E-state index >= 15 is 0 Å². The van der Waals surface area contributed by atoms with E-state index in [1.807, 2.05) is 0 Å². The van der Waals surface area contributed by atoms with Crippen LogP contribution in [0, 0.1) is 13.7 Å². The number of rotatable bonds is 4. The maximum Gasteiger partial charge on any atom is 0.337 e. The van der Waals surface area contributed by atoms with Crippen molar-refractivity contribution in [2.45, 2.75) is 0 Å². The highest BCUT2D eigenvalue weighted by molar-refractivity contribution is 14.1. The van der Waals surface area contributed by atoms with Crippen LogP contribution in [-0.2, 0) is 0 Å². The first kappa shape index (κ1) is 14.2. The number of carboxylic acids is 1. The van der Waals surface area contributed by atoms with E-state index in [9.17, 15) is 14.9 Å². The molecule has 0 saturated heterocycles. The zero-order chi connectivity index (χ0) is 14.7. The molecule has 1 heterocycles. The van der Waals surface area contributed by atoms with Crippen LogP contribution in [-0.4, -0.2) is 21.0 Å². The SMILES string of the molecule is O=C(O)c1cnc(Oc2ccc(I)cc2)c([N+](=O)[O-])c1. The Morgan fingerprint density at radius 3 is 2.55 bits per heavy atom. The van der Waals surface area contributed by atoms with E-state index in [1.54, 1.807) is 24.3 Å². The van der Waals surface area contributed by atoms with E-state index in [4.69, 9.17) is 9.84 Å². The van der Waals surface area contributed by atoms with Gasteiger partial charge in [-0.05, 0) is 46.9 Å². The van der Waals surface area contributed by atoms with Crippen molar-refractivity contribution in [3.8, 4) is 11.6 Å². The Morgan fingerprint density at radius 1 is 1.35 bits per heavy atom. The molecule has 0 bridgehead atoms. The van der Waals surface area contributed by atoms with Gasteiger partial charge in [-0.25, -0.2) is 9.78 Å². The molecule has 0 amide bonds. The van der Waals surface area contributed by atoms with Gasteiger partial charge in [0.25, 0.3) is 5.88 Å². The molecule has 1 aromatic heterocycles. The zero-order valence-electron chi connectivity index (χ0n) is 9.82. The minimum absolute atomic E-state index is 0.249. The van der Waals surface area contributed by atoms with Gasteiger partial charge in [-0.3, -0.25) is 10.1 Å².